The number of hydrogen-bond acceptors (Lipinski definition) is 3. The molecule has 0 aliphatic rings. The molecule has 0 saturated heterocycles. The van der Waals surface area contributed by atoms with Crippen molar-refractivity contribution in [3.8, 4) is 22.7 Å². The largest absolute Gasteiger partial charge is 0.497 e. The SMILES string of the molecule is COc1ccc(-c2[nH]n(-c3ccccc3)c(=O)c2C(C)=Nc2ccc(F)cc2)cc1. The van der Waals surface area contributed by atoms with Crippen molar-refractivity contribution in [3.63, 3.8) is 0 Å². The van der Waals surface area contributed by atoms with E-state index in [-0.39, 0.29) is 11.4 Å². The number of H-pyrrole nitrogens is 1. The van der Waals surface area contributed by atoms with Crippen LogP contribution in [0.25, 0.3) is 16.9 Å². The van der Waals surface area contributed by atoms with Crippen molar-refractivity contribution in [2.24, 2.45) is 4.99 Å². The number of nitrogens with zero attached hydrogens (tertiary/aromatic N) is 2. The number of aromatic amines is 1. The van der Waals surface area contributed by atoms with Crippen LogP contribution in [0.3, 0.4) is 0 Å². The molecule has 0 amide bonds. The highest BCUT2D eigenvalue weighted by Gasteiger charge is 2.19. The Balaban J connectivity index is 1.89. The van der Waals surface area contributed by atoms with Crippen molar-refractivity contribution in [3.05, 3.63) is 101 Å². The third-order valence-electron chi connectivity index (χ3n) is 4.77. The Morgan fingerprint density at radius 1 is 0.967 bits per heavy atom. The molecule has 4 rings (SSSR count). The molecule has 6 heteroatoms. The average Bonchev–Trinajstić information content (AvgIpc) is 3.13. The van der Waals surface area contributed by atoms with E-state index in [1.165, 1.54) is 16.8 Å². The van der Waals surface area contributed by atoms with Crippen molar-refractivity contribution in [1.82, 2.24) is 9.78 Å². The fourth-order valence-electron chi connectivity index (χ4n) is 3.26. The number of aromatic nitrogens is 2. The maximum absolute atomic E-state index is 13.3. The monoisotopic (exact) mass is 401 g/mol. The molecule has 0 aliphatic carbocycles. The maximum Gasteiger partial charge on any atom is 0.280 e. The Morgan fingerprint density at radius 2 is 1.63 bits per heavy atom. The van der Waals surface area contributed by atoms with Crippen LogP contribution >= 0.6 is 0 Å². The summed E-state index contributed by atoms with van der Waals surface area (Å²) in [6.07, 6.45) is 0. The van der Waals surface area contributed by atoms with Crippen LogP contribution in [0, 0.1) is 5.82 Å². The number of hydrogen-bond donors (Lipinski definition) is 1. The van der Waals surface area contributed by atoms with E-state index in [1.54, 1.807) is 26.2 Å². The van der Waals surface area contributed by atoms with Gasteiger partial charge in [-0.25, -0.2) is 9.07 Å². The van der Waals surface area contributed by atoms with E-state index in [0.29, 0.717) is 22.7 Å². The number of aliphatic imine (C=N–C) groups is 1. The highest BCUT2D eigenvalue weighted by atomic mass is 19.1. The highest BCUT2D eigenvalue weighted by molar-refractivity contribution is 6.04. The van der Waals surface area contributed by atoms with Crippen LogP contribution in [0.4, 0.5) is 10.1 Å². The van der Waals surface area contributed by atoms with Gasteiger partial charge in [0, 0.05) is 5.56 Å². The molecule has 1 N–H and O–H groups in total. The van der Waals surface area contributed by atoms with E-state index in [0.717, 1.165) is 17.0 Å². The quantitative estimate of drug-likeness (QED) is 0.472. The second-order valence-electron chi connectivity index (χ2n) is 6.74. The lowest BCUT2D eigenvalue weighted by atomic mass is 10.0. The molecule has 0 atom stereocenters. The van der Waals surface area contributed by atoms with Crippen LogP contribution in [-0.2, 0) is 0 Å². The molecule has 30 heavy (non-hydrogen) atoms. The third-order valence-corrected chi connectivity index (χ3v) is 4.77. The van der Waals surface area contributed by atoms with E-state index in [2.05, 4.69) is 10.1 Å². The first kappa shape index (κ1) is 19.4. The second-order valence-corrected chi connectivity index (χ2v) is 6.74. The molecular weight excluding hydrogens is 381 g/mol. The third kappa shape index (κ3) is 3.80. The normalized spacial score (nSPS) is 11.5. The van der Waals surface area contributed by atoms with Gasteiger partial charge < -0.3 is 4.74 Å². The molecule has 0 aliphatic heterocycles. The number of rotatable bonds is 5. The van der Waals surface area contributed by atoms with Crippen molar-refractivity contribution in [2.75, 3.05) is 7.11 Å². The van der Waals surface area contributed by atoms with Crippen LogP contribution in [0.5, 0.6) is 5.75 Å². The number of methoxy groups -OCH3 is 1. The van der Waals surface area contributed by atoms with Crippen molar-refractivity contribution in [2.45, 2.75) is 6.92 Å². The Kier molecular flexibility index (Phi) is 5.30. The number of nitrogens with one attached hydrogen (secondary N) is 1. The van der Waals surface area contributed by atoms with Gasteiger partial charge in [-0.1, -0.05) is 18.2 Å². The summed E-state index contributed by atoms with van der Waals surface area (Å²) in [4.78, 5) is 17.9. The molecule has 0 radical (unpaired) electrons. The summed E-state index contributed by atoms with van der Waals surface area (Å²) < 4.78 is 20.0. The van der Waals surface area contributed by atoms with Gasteiger partial charge in [0.05, 0.1) is 35.5 Å². The number of ether oxygens (including phenoxy) is 1. The summed E-state index contributed by atoms with van der Waals surface area (Å²) >= 11 is 0. The number of halogens is 1. The minimum absolute atomic E-state index is 0.213. The van der Waals surface area contributed by atoms with E-state index in [4.69, 9.17) is 4.74 Å². The van der Waals surface area contributed by atoms with Gasteiger partial charge in [-0.2, -0.15) is 0 Å². The zero-order valence-corrected chi connectivity index (χ0v) is 16.6. The fraction of sp³-hybridized carbons (Fsp3) is 0.0833. The Hall–Kier alpha value is -3.93. The highest BCUT2D eigenvalue weighted by Crippen LogP contribution is 2.25. The summed E-state index contributed by atoms with van der Waals surface area (Å²) in [6, 6.07) is 22.6. The summed E-state index contributed by atoms with van der Waals surface area (Å²) in [7, 11) is 1.60. The van der Waals surface area contributed by atoms with E-state index in [9.17, 15) is 9.18 Å². The van der Waals surface area contributed by atoms with Crippen molar-refractivity contribution in [1.29, 1.82) is 0 Å². The Labute approximate surface area is 173 Å². The minimum Gasteiger partial charge on any atom is -0.497 e. The van der Waals surface area contributed by atoms with Crippen LogP contribution in [-0.4, -0.2) is 22.6 Å². The lowest BCUT2D eigenvalue weighted by molar-refractivity contribution is 0.415. The van der Waals surface area contributed by atoms with Crippen molar-refractivity contribution >= 4 is 11.4 Å². The molecule has 150 valence electrons. The van der Waals surface area contributed by atoms with Gasteiger partial charge in [0.15, 0.2) is 0 Å². The zero-order valence-electron chi connectivity index (χ0n) is 16.6. The number of benzene rings is 3. The first-order chi connectivity index (χ1) is 14.6. The minimum atomic E-state index is -0.335. The smallest absolute Gasteiger partial charge is 0.280 e. The zero-order chi connectivity index (χ0) is 21.1. The van der Waals surface area contributed by atoms with Gasteiger partial charge in [-0.05, 0) is 67.6 Å². The van der Waals surface area contributed by atoms with Gasteiger partial charge >= 0.3 is 0 Å². The molecule has 0 unspecified atom stereocenters. The standard InChI is InChI=1S/C24H20FN3O2/c1-16(26-19-12-10-18(25)11-13-19)22-23(17-8-14-21(30-2)15-9-17)27-28(24(22)29)20-6-4-3-5-7-20/h3-15,27H,1-2H3. The summed E-state index contributed by atoms with van der Waals surface area (Å²) in [5.41, 5.74) is 3.53. The van der Waals surface area contributed by atoms with Crippen LogP contribution < -0.4 is 10.3 Å². The fourth-order valence-corrected chi connectivity index (χ4v) is 3.26. The van der Waals surface area contributed by atoms with Gasteiger partial charge in [0.2, 0.25) is 0 Å². The molecular formula is C24H20FN3O2. The molecule has 0 fully saturated rings. The molecule has 1 heterocycles. The second kappa shape index (κ2) is 8.21. The summed E-state index contributed by atoms with van der Waals surface area (Å²) in [6.45, 7) is 1.77. The lowest BCUT2D eigenvalue weighted by Gasteiger charge is -2.05. The molecule has 1 aromatic heterocycles. The van der Waals surface area contributed by atoms with Gasteiger partial charge in [0.1, 0.15) is 11.6 Å². The summed E-state index contributed by atoms with van der Waals surface area (Å²) in [5, 5.41) is 3.22. The summed E-state index contributed by atoms with van der Waals surface area (Å²) in [5.74, 6) is 0.389. The predicted octanol–water partition coefficient (Wildman–Crippen LogP) is 5.12. The van der Waals surface area contributed by atoms with E-state index in [1.807, 2.05) is 54.6 Å². The van der Waals surface area contributed by atoms with Gasteiger partial charge in [0.25, 0.3) is 5.56 Å². The van der Waals surface area contributed by atoms with Crippen LogP contribution in [0.15, 0.2) is 88.6 Å². The topological polar surface area (TPSA) is 59.4 Å². The first-order valence-electron chi connectivity index (χ1n) is 9.43. The van der Waals surface area contributed by atoms with Gasteiger partial charge in [-0.3, -0.25) is 14.9 Å². The molecule has 4 aromatic rings. The van der Waals surface area contributed by atoms with Crippen molar-refractivity contribution < 1.29 is 9.13 Å². The Bertz CT molecular complexity index is 1240. The van der Waals surface area contributed by atoms with Crippen LogP contribution in [0.2, 0.25) is 0 Å². The average molecular weight is 401 g/mol. The van der Waals surface area contributed by atoms with E-state index >= 15 is 0 Å². The Morgan fingerprint density at radius 3 is 2.27 bits per heavy atom. The predicted molar refractivity (Wildman–Crippen MR) is 117 cm³/mol. The molecule has 3 aromatic carbocycles. The van der Waals surface area contributed by atoms with E-state index < -0.39 is 0 Å². The maximum atomic E-state index is 13.3. The molecule has 0 spiro atoms. The molecule has 5 nitrogen and oxygen atoms in total. The number of para-hydroxylation sites is 1. The first-order valence-corrected chi connectivity index (χ1v) is 9.43. The van der Waals surface area contributed by atoms with Gasteiger partial charge in [-0.15, -0.1) is 0 Å². The molecule has 0 saturated carbocycles. The van der Waals surface area contributed by atoms with Crippen LogP contribution in [0.1, 0.15) is 12.5 Å². The molecule has 0 bridgehead atoms. The lowest BCUT2D eigenvalue weighted by Crippen LogP contribution is -2.19.